The first kappa shape index (κ1) is 35.2. The number of hydrogen-bond donors (Lipinski definition) is 1. The molecule has 238 valence electrons. The standard InChI is InChI=1S/C31H34Cl2F3N3O4S/c1-4-6-16-37-30(41)28(5-2)38(19-22-12-13-24(32)18-27(22)33)29(40)20-39(25-9-7-8-23(17-25)31(34,35)36)44(42,43)26-14-10-21(3)11-15-26/h7-15,17-18,28H,4-6,16,19-20H2,1-3H3,(H,37,41)/t28-/m0/s1. The SMILES string of the molecule is CCCCNC(=O)[C@H](CC)N(Cc1ccc(Cl)cc1Cl)C(=O)CN(c1cccc(C(F)(F)F)c1)S(=O)(=O)c1ccc(C)cc1. The van der Waals surface area contributed by atoms with E-state index in [1.165, 1.54) is 29.2 Å². The van der Waals surface area contributed by atoms with Gasteiger partial charge >= 0.3 is 6.18 Å². The molecule has 7 nitrogen and oxygen atoms in total. The minimum absolute atomic E-state index is 0.170. The second-order valence-corrected chi connectivity index (χ2v) is 12.9. The number of benzene rings is 3. The van der Waals surface area contributed by atoms with Crippen LogP contribution in [-0.2, 0) is 32.3 Å². The fourth-order valence-electron chi connectivity index (χ4n) is 4.46. The third-order valence-electron chi connectivity index (χ3n) is 6.92. The van der Waals surface area contributed by atoms with Crippen molar-refractivity contribution in [3.05, 3.63) is 93.5 Å². The van der Waals surface area contributed by atoms with Gasteiger partial charge in [-0.2, -0.15) is 13.2 Å². The van der Waals surface area contributed by atoms with Crippen LogP contribution in [-0.4, -0.2) is 44.3 Å². The van der Waals surface area contributed by atoms with Gasteiger partial charge in [0.2, 0.25) is 11.8 Å². The Morgan fingerprint density at radius 2 is 1.66 bits per heavy atom. The Bertz CT molecular complexity index is 1570. The van der Waals surface area contributed by atoms with Crippen molar-refractivity contribution in [2.24, 2.45) is 0 Å². The highest BCUT2D eigenvalue weighted by atomic mass is 35.5. The number of carbonyl (C=O) groups is 2. The molecule has 0 fully saturated rings. The van der Waals surface area contributed by atoms with Gasteiger partial charge in [-0.05, 0) is 67.8 Å². The molecule has 0 spiro atoms. The summed E-state index contributed by atoms with van der Waals surface area (Å²) in [6.45, 7) is 4.70. The first-order chi connectivity index (χ1) is 20.7. The Balaban J connectivity index is 2.12. The van der Waals surface area contributed by atoms with Gasteiger partial charge in [-0.25, -0.2) is 8.42 Å². The first-order valence-corrected chi connectivity index (χ1v) is 16.2. The van der Waals surface area contributed by atoms with E-state index in [9.17, 15) is 31.2 Å². The summed E-state index contributed by atoms with van der Waals surface area (Å²) in [7, 11) is -4.54. The summed E-state index contributed by atoms with van der Waals surface area (Å²) in [5, 5.41) is 3.38. The Labute approximate surface area is 266 Å². The van der Waals surface area contributed by atoms with Gasteiger partial charge in [0, 0.05) is 23.1 Å². The zero-order valence-corrected chi connectivity index (χ0v) is 26.8. The van der Waals surface area contributed by atoms with Crippen molar-refractivity contribution in [1.82, 2.24) is 10.2 Å². The van der Waals surface area contributed by atoms with E-state index >= 15 is 0 Å². The summed E-state index contributed by atoms with van der Waals surface area (Å²) in [6, 6.07) is 13.0. The van der Waals surface area contributed by atoms with Crippen LogP contribution < -0.4 is 9.62 Å². The second-order valence-electron chi connectivity index (χ2n) is 10.2. The molecule has 0 aromatic heterocycles. The van der Waals surface area contributed by atoms with Gasteiger partial charge in [0.1, 0.15) is 12.6 Å². The monoisotopic (exact) mass is 671 g/mol. The van der Waals surface area contributed by atoms with Crippen molar-refractivity contribution in [1.29, 1.82) is 0 Å². The second kappa shape index (κ2) is 15.1. The predicted octanol–water partition coefficient (Wildman–Crippen LogP) is 7.24. The lowest BCUT2D eigenvalue weighted by Gasteiger charge is -2.33. The third kappa shape index (κ3) is 8.89. The van der Waals surface area contributed by atoms with E-state index in [1.54, 1.807) is 38.1 Å². The molecule has 0 heterocycles. The fourth-order valence-corrected chi connectivity index (χ4v) is 6.34. The van der Waals surface area contributed by atoms with Crippen LogP contribution in [0.4, 0.5) is 18.9 Å². The number of nitrogens with zero attached hydrogens (tertiary/aromatic N) is 2. The molecule has 3 aromatic carbocycles. The molecule has 3 aromatic rings. The molecule has 44 heavy (non-hydrogen) atoms. The number of carbonyl (C=O) groups excluding carboxylic acids is 2. The topological polar surface area (TPSA) is 86.8 Å². The van der Waals surface area contributed by atoms with Crippen LogP contribution >= 0.6 is 23.2 Å². The lowest BCUT2D eigenvalue weighted by molar-refractivity contribution is -0.140. The maximum atomic E-state index is 14.1. The summed E-state index contributed by atoms with van der Waals surface area (Å²) in [6.07, 6.45) is -3.07. The molecule has 2 amide bonds. The number of halogens is 5. The fraction of sp³-hybridized carbons (Fsp3) is 0.355. The first-order valence-electron chi connectivity index (χ1n) is 14.0. The number of aryl methyl sites for hydroxylation is 1. The van der Waals surface area contributed by atoms with Gasteiger partial charge in [-0.15, -0.1) is 0 Å². The molecule has 1 atom stereocenters. The number of hydrogen-bond acceptors (Lipinski definition) is 4. The summed E-state index contributed by atoms with van der Waals surface area (Å²) in [5.41, 5.74) is -0.246. The normalized spacial score (nSPS) is 12.5. The van der Waals surface area contributed by atoms with Gasteiger partial charge in [0.15, 0.2) is 0 Å². The maximum absolute atomic E-state index is 14.1. The zero-order chi connectivity index (χ0) is 32.7. The van der Waals surface area contributed by atoms with Crippen LogP contribution in [0.2, 0.25) is 10.0 Å². The Morgan fingerprint density at radius 3 is 2.25 bits per heavy atom. The molecule has 0 aliphatic heterocycles. The van der Waals surface area contributed by atoms with E-state index < -0.39 is 46.2 Å². The van der Waals surface area contributed by atoms with E-state index in [-0.39, 0.29) is 28.6 Å². The molecule has 1 N–H and O–H groups in total. The highest BCUT2D eigenvalue weighted by Crippen LogP contribution is 2.34. The average Bonchev–Trinajstić information content (AvgIpc) is 2.96. The van der Waals surface area contributed by atoms with Crippen LogP contribution in [0.15, 0.2) is 71.6 Å². The molecule has 0 saturated carbocycles. The zero-order valence-electron chi connectivity index (χ0n) is 24.5. The van der Waals surface area contributed by atoms with Gasteiger partial charge in [0.25, 0.3) is 10.0 Å². The number of sulfonamides is 1. The molecular formula is C31H34Cl2F3N3O4S. The number of unbranched alkanes of at least 4 members (excludes halogenated alkanes) is 1. The Kier molecular flexibility index (Phi) is 12.1. The van der Waals surface area contributed by atoms with Crippen molar-refractivity contribution in [3.63, 3.8) is 0 Å². The Hall–Kier alpha value is -3.28. The van der Waals surface area contributed by atoms with Crippen molar-refractivity contribution in [3.8, 4) is 0 Å². The molecule has 0 radical (unpaired) electrons. The molecule has 0 bridgehead atoms. The number of nitrogens with one attached hydrogen (secondary N) is 1. The number of rotatable bonds is 13. The van der Waals surface area contributed by atoms with Crippen LogP contribution in [0, 0.1) is 6.92 Å². The van der Waals surface area contributed by atoms with E-state index in [0.717, 1.165) is 24.1 Å². The maximum Gasteiger partial charge on any atom is 0.416 e. The summed E-state index contributed by atoms with van der Waals surface area (Å²) < 4.78 is 69.4. The number of amides is 2. The molecule has 3 rings (SSSR count). The van der Waals surface area contributed by atoms with Crippen LogP contribution in [0.3, 0.4) is 0 Å². The molecule has 13 heteroatoms. The number of alkyl halides is 3. The number of anilines is 1. The van der Waals surface area contributed by atoms with Crippen molar-refractivity contribution in [2.45, 2.75) is 63.7 Å². The molecule has 0 saturated heterocycles. The highest BCUT2D eigenvalue weighted by Gasteiger charge is 2.36. The van der Waals surface area contributed by atoms with E-state index in [1.807, 2.05) is 6.92 Å². The van der Waals surface area contributed by atoms with Gasteiger partial charge in [-0.1, -0.05) is 73.3 Å². The molecule has 0 aliphatic carbocycles. The van der Waals surface area contributed by atoms with Crippen LogP contribution in [0.5, 0.6) is 0 Å². The molecule has 0 unspecified atom stereocenters. The minimum atomic E-state index is -4.76. The molecule has 0 aliphatic rings. The smallest absolute Gasteiger partial charge is 0.354 e. The van der Waals surface area contributed by atoms with E-state index in [4.69, 9.17) is 23.2 Å². The summed E-state index contributed by atoms with van der Waals surface area (Å²) in [4.78, 5) is 28.4. The lowest BCUT2D eigenvalue weighted by atomic mass is 10.1. The summed E-state index contributed by atoms with van der Waals surface area (Å²) in [5.74, 6) is -1.27. The third-order valence-corrected chi connectivity index (χ3v) is 9.30. The van der Waals surface area contributed by atoms with E-state index in [0.29, 0.717) is 33.9 Å². The quantitative estimate of drug-likeness (QED) is 0.194. The van der Waals surface area contributed by atoms with Crippen LogP contribution in [0.25, 0.3) is 0 Å². The summed E-state index contributed by atoms with van der Waals surface area (Å²) >= 11 is 12.4. The van der Waals surface area contributed by atoms with E-state index in [2.05, 4.69) is 5.32 Å². The lowest BCUT2D eigenvalue weighted by Crippen LogP contribution is -2.52. The van der Waals surface area contributed by atoms with Crippen molar-refractivity contribution < 1.29 is 31.2 Å². The van der Waals surface area contributed by atoms with Gasteiger partial charge in [0.05, 0.1) is 16.1 Å². The average molecular weight is 673 g/mol. The predicted molar refractivity (Wildman–Crippen MR) is 166 cm³/mol. The Morgan fingerprint density at radius 1 is 0.977 bits per heavy atom. The van der Waals surface area contributed by atoms with Crippen molar-refractivity contribution in [2.75, 3.05) is 17.4 Å². The van der Waals surface area contributed by atoms with Gasteiger partial charge in [-0.3, -0.25) is 13.9 Å². The highest BCUT2D eigenvalue weighted by molar-refractivity contribution is 7.92. The van der Waals surface area contributed by atoms with Crippen LogP contribution in [0.1, 0.15) is 49.8 Å². The minimum Gasteiger partial charge on any atom is -0.354 e. The molecular weight excluding hydrogens is 638 g/mol. The largest absolute Gasteiger partial charge is 0.416 e. The van der Waals surface area contributed by atoms with Gasteiger partial charge < -0.3 is 10.2 Å². The van der Waals surface area contributed by atoms with Crippen molar-refractivity contribution >= 4 is 50.7 Å².